The fraction of sp³-hybridized carbons (Fsp3) is 0.143. The van der Waals surface area contributed by atoms with Crippen molar-refractivity contribution in [3.05, 3.63) is 30.3 Å². The normalized spacial score (nSPS) is 13.6. The lowest BCUT2D eigenvalue weighted by atomic mass is 10.3. The van der Waals surface area contributed by atoms with Crippen LogP contribution in [-0.4, -0.2) is 11.9 Å². The van der Waals surface area contributed by atoms with E-state index in [1.807, 2.05) is 0 Å². The number of para-hydroxylation sites is 1. The number of hydrogen-bond donors (Lipinski definition) is 1. The van der Waals surface area contributed by atoms with E-state index in [-0.39, 0.29) is 0 Å². The average Bonchev–Trinajstić information content (AvgIpc) is 2.14. The van der Waals surface area contributed by atoms with E-state index in [9.17, 15) is 4.21 Å². The zero-order chi connectivity index (χ0) is 11.5. The predicted octanol–water partition coefficient (Wildman–Crippen LogP) is 3.61. The van der Waals surface area contributed by atoms with Gasteiger partial charge in [-0.3, -0.25) is 4.55 Å². The lowest BCUT2D eigenvalue weighted by molar-refractivity contribution is 0.567. The van der Waals surface area contributed by atoms with Crippen molar-refractivity contribution in [2.45, 2.75) is 3.12 Å². The Balaban J connectivity index is 2.90. The largest absolute Gasteiger partial charge is 0.289 e. The van der Waals surface area contributed by atoms with Crippen molar-refractivity contribution < 1.29 is 8.76 Å². The van der Waals surface area contributed by atoms with E-state index < -0.39 is 14.4 Å². The Morgan fingerprint density at radius 2 is 1.80 bits per heavy atom. The van der Waals surface area contributed by atoms with E-state index in [1.165, 1.54) is 0 Å². The molecular formula is C7H6Cl3NO2S2. The van der Waals surface area contributed by atoms with Gasteiger partial charge in [-0.05, 0) is 12.1 Å². The summed E-state index contributed by atoms with van der Waals surface area (Å²) in [4.78, 5) is 0. The van der Waals surface area contributed by atoms with E-state index in [0.717, 1.165) is 3.71 Å². The van der Waals surface area contributed by atoms with Gasteiger partial charge < -0.3 is 0 Å². The monoisotopic (exact) mass is 305 g/mol. The fourth-order valence-corrected chi connectivity index (χ4v) is 3.12. The second-order valence-corrected chi connectivity index (χ2v) is 7.53. The van der Waals surface area contributed by atoms with Gasteiger partial charge in [-0.1, -0.05) is 53.0 Å². The highest BCUT2D eigenvalue weighted by Crippen LogP contribution is 2.43. The first-order valence-electron chi connectivity index (χ1n) is 3.62. The van der Waals surface area contributed by atoms with Crippen molar-refractivity contribution >= 4 is 63.7 Å². The molecule has 0 aliphatic heterocycles. The average molecular weight is 307 g/mol. The molecule has 1 aromatic carbocycles. The summed E-state index contributed by atoms with van der Waals surface area (Å²) < 4.78 is 19.4. The number of anilines is 1. The van der Waals surface area contributed by atoms with E-state index in [2.05, 4.69) is 0 Å². The van der Waals surface area contributed by atoms with Crippen LogP contribution < -0.4 is 3.71 Å². The van der Waals surface area contributed by atoms with E-state index in [4.69, 9.17) is 39.4 Å². The summed E-state index contributed by atoms with van der Waals surface area (Å²) in [5, 5.41) is 0. The maximum absolute atomic E-state index is 11.0. The van der Waals surface area contributed by atoms with Crippen molar-refractivity contribution in [3.63, 3.8) is 0 Å². The van der Waals surface area contributed by atoms with Crippen LogP contribution in [0.1, 0.15) is 0 Å². The maximum atomic E-state index is 11.0. The molecule has 0 saturated heterocycles. The minimum atomic E-state index is -2.26. The molecule has 8 heteroatoms. The van der Waals surface area contributed by atoms with Gasteiger partial charge in [-0.15, -0.1) is 0 Å². The van der Waals surface area contributed by atoms with Crippen molar-refractivity contribution in [1.82, 2.24) is 0 Å². The lowest BCUT2D eigenvalue weighted by Crippen LogP contribution is -2.20. The van der Waals surface area contributed by atoms with Crippen LogP contribution in [0.4, 0.5) is 5.69 Å². The molecule has 0 aromatic heterocycles. The first-order valence-corrected chi connectivity index (χ1v) is 6.59. The highest BCUT2D eigenvalue weighted by atomic mass is 35.6. The summed E-state index contributed by atoms with van der Waals surface area (Å²) in [5.41, 5.74) is 0.481. The van der Waals surface area contributed by atoms with Crippen molar-refractivity contribution in [1.29, 1.82) is 0 Å². The molecule has 15 heavy (non-hydrogen) atoms. The summed E-state index contributed by atoms with van der Waals surface area (Å²) in [6.07, 6.45) is 0. The molecule has 0 bridgehead atoms. The summed E-state index contributed by atoms with van der Waals surface area (Å²) in [5.74, 6) is 0. The molecule has 1 rings (SSSR count). The standard InChI is InChI=1S/C7H6Cl3NO2S2/c8-7(9,10)14-11(15(12)13)6-4-2-1-3-5-6/h1-5H,(H,12,13). The van der Waals surface area contributed by atoms with Gasteiger partial charge in [0.15, 0.2) is 0 Å². The smallest absolute Gasteiger partial charge is 0.272 e. The quantitative estimate of drug-likeness (QED) is 0.527. The number of nitrogens with zero attached hydrogens (tertiary/aromatic N) is 1. The number of benzene rings is 1. The Morgan fingerprint density at radius 3 is 2.20 bits per heavy atom. The van der Waals surface area contributed by atoms with E-state index in [0.29, 0.717) is 17.6 Å². The van der Waals surface area contributed by atoms with Crippen LogP contribution in [0.15, 0.2) is 30.3 Å². The predicted molar refractivity (Wildman–Crippen MR) is 67.6 cm³/mol. The van der Waals surface area contributed by atoms with Gasteiger partial charge in [0.05, 0.1) is 5.69 Å². The number of rotatable bonds is 3. The fourth-order valence-electron chi connectivity index (χ4n) is 0.818. The van der Waals surface area contributed by atoms with Crippen molar-refractivity contribution in [3.8, 4) is 0 Å². The van der Waals surface area contributed by atoms with Crippen LogP contribution in [0.25, 0.3) is 0 Å². The van der Waals surface area contributed by atoms with Crippen LogP contribution in [0, 0.1) is 0 Å². The summed E-state index contributed by atoms with van der Waals surface area (Å²) in [7, 11) is 0. The van der Waals surface area contributed by atoms with Gasteiger partial charge in [0.25, 0.3) is 14.4 Å². The Bertz CT molecular complexity index is 344. The molecule has 0 saturated carbocycles. The summed E-state index contributed by atoms with van der Waals surface area (Å²) in [6, 6.07) is 8.49. The third kappa shape index (κ3) is 4.80. The number of halogens is 3. The minimum Gasteiger partial charge on any atom is -0.289 e. The van der Waals surface area contributed by atoms with Crippen LogP contribution in [-0.2, 0) is 11.3 Å². The Labute approximate surface area is 109 Å². The van der Waals surface area contributed by atoms with Crippen LogP contribution in [0.5, 0.6) is 0 Å². The first kappa shape index (κ1) is 13.4. The molecule has 0 aliphatic rings. The molecular weight excluding hydrogens is 301 g/mol. The van der Waals surface area contributed by atoms with Crippen LogP contribution in [0.3, 0.4) is 0 Å². The van der Waals surface area contributed by atoms with E-state index >= 15 is 0 Å². The van der Waals surface area contributed by atoms with Gasteiger partial charge in [0.1, 0.15) is 0 Å². The molecule has 1 atom stereocenters. The Hall–Kier alpha value is 0.350. The minimum absolute atomic E-state index is 0.481. The Morgan fingerprint density at radius 1 is 1.27 bits per heavy atom. The topological polar surface area (TPSA) is 40.5 Å². The van der Waals surface area contributed by atoms with Crippen molar-refractivity contribution in [2.75, 3.05) is 3.71 Å². The third-order valence-corrected chi connectivity index (χ3v) is 3.60. The highest BCUT2D eigenvalue weighted by molar-refractivity contribution is 8.14. The van der Waals surface area contributed by atoms with Gasteiger partial charge in [-0.2, -0.15) is 0 Å². The summed E-state index contributed by atoms with van der Waals surface area (Å²) in [6.45, 7) is 0. The van der Waals surface area contributed by atoms with Gasteiger partial charge in [0, 0.05) is 11.9 Å². The molecule has 84 valence electrons. The number of hydrogen-bond acceptors (Lipinski definition) is 2. The molecule has 0 aliphatic carbocycles. The molecule has 3 nitrogen and oxygen atoms in total. The van der Waals surface area contributed by atoms with Gasteiger partial charge >= 0.3 is 0 Å². The molecule has 0 amide bonds. The van der Waals surface area contributed by atoms with Crippen LogP contribution in [0.2, 0.25) is 0 Å². The first-order chi connectivity index (χ1) is 6.90. The van der Waals surface area contributed by atoms with Gasteiger partial charge in [0.2, 0.25) is 0 Å². The van der Waals surface area contributed by atoms with Crippen molar-refractivity contribution in [2.24, 2.45) is 0 Å². The molecule has 0 heterocycles. The Kier molecular flexibility index (Phi) is 5.02. The maximum Gasteiger partial charge on any atom is 0.272 e. The summed E-state index contributed by atoms with van der Waals surface area (Å²) >= 11 is 15.0. The second kappa shape index (κ2) is 5.61. The highest BCUT2D eigenvalue weighted by Gasteiger charge is 2.28. The zero-order valence-electron chi connectivity index (χ0n) is 7.14. The lowest BCUT2D eigenvalue weighted by Gasteiger charge is -2.21. The molecule has 1 N–H and O–H groups in total. The number of alkyl halides is 3. The molecule has 0 spiro atoms. The molecule has 0 radical (unpaired) electrons. The van der Waals surface area contributed by atoms with E-state index in [1.54, 1.807) is 30.3 Å². The molecule has 1 unspecified atom stereocenters. The second-order valence-electron chi connectivity index (χ2n) is 2.36. The SMILES string of the molecule is O=S(O)N(SC(Cl)(Cl)Cl)c1ccccc1. The van der Waals surface area contributed by atoms with Gasteiger partial charge in [-0.25, -0.2) is 7.92 Å². The molecule has 0 fully saturated rings. The zero-order valence-corrected chi connectivity index (χ0v) is 11.0. The third-order valence-electron chi connectivity index (χ3n) is 1.30. The molecule has 1 aromatic rings. The van der Waals surface area contributed by atoms with Crippen LogP contribution >= 0.6 is 46.8 Å².